The summed E-state index contributed by atoms with van der Waals surface area (Å²) >= 11 is 0. The Hall–Kier alpha value is -1.58. The van der Waals surface area contributed by atoms with Gasteiger partial charge in [-0.25, -0.2) is 9.18 Å². The van der Waals surface area contributed by atoms with Crippen LogP contribution in [0.2, 0.25) is 0 Å². The van der Waals surface area contributed by atoms with E-state index >= 15 is 0 Å². The zero-order chi connectivity index (χ0) is 13.8. The van der Waals surface area contributed by atoms with Crippen LogP contribution in [0, 0.1) is 5.82 Å². The van der Waals surface area contributed by atoms with Crippen molar-refractivity contribution in [3.63, 3.8) is 0 Å². The third kappa shape index (κ3) is 3.46. The maximum atomic E-state index is 13.0. The molecular weight excluding hydrogens is 245 g/mol. The van der Waals surface area contributed by atoms with Crippen molar-refractivity contribution >= 4 is 6.09 Å². The molecule has 0 radical (unpaired) electrons. The second kappa shape index (κ2) is 6.04. The van der Waals surface area contributed by atoms with Gasteiger partial charge in [0.25, 0.3) is 0 Å². The van der Waals surface area contributed by atoms with Gasteiger partial charge in [0.2, 0.25) is 0 Å². The first-order valence-corrected chi connectivity index (χ1v) is 6.80. The molecule has 1 fully saturated rings. The fraction of sp³-hybridized carbons (Fsp3) is 0.533. The number of halogens is 1. The van der Waals surface area contributed by atoms with E-state index < -0.39 is 0 Å². The molecule has 1 aromatic rings. The van der Waals surface area contributed by atoms with Crippen LogP contribution in [0.15, 0.2) is 24.3 Å². The average Bonchev–Trinajstić information content (AvgIpc) is 2.39. The molecule has 4 heteroatoms. The Balaban J connectivity index is 2.15. The third-order valence-corrected chi connectivity index (χ3v) is 3.33. The Bertz CT molecular complexity index is 430. The number of amides is 1. The molecule has 2 rings (SSSR count). The maximum Gasteiger partial charge on any atom is 0.410 e. The predicted molar refractivity (Wildman–Crippen MR) is 71.3 cm³/mol. The Kier molecular flexibility index (Phi) is 4.40. The largest absolute Gasteiger partial charge is 0.447 e. The molecule has 19 heavy (non-hydrogen) atoms. The molecule has 1 saturated heterocycles. The number of likely N-dealkylation sites (tertiary alicyclic amines) is 1. The van der Waals surface area contributed by atoms with Crippen LogP contribution >= 0.6 is 0 Å². The summed E-state index contributed by atoms with van der Waals surface area (Å²) in [5, 5.41) is 0. The number of carbonyl (C=O) groups is 1. The smallest absolute Gasteiger partial charge is 0.410 e. The Morgan fingerprint density at radius 2 is 2.00 bits per heavy atom. The van der Waals surface area contributed by atoms with Gasteiger partial charge in [-0.3, -0.25) is 0 Å². The number of hydrogen-bond acceptors (Lipinski definition) is 2. The predicted octanol–water partition coefficient (Wildman–Crippen LogP) is 3.90. The molecule has 1 heterocycles. The normalized spacial score (nSPS) is 19.6. The molecule has 0 spiro atoms. The maximum absolute atomic E-state index is 13.0. The minimum atomic E-state index is -0.274. The number of ether oxygens (including phenoxy) is 1. The quantitative estimate of drug-likeness (QED) is 0.811. The number of rotatable bonds is 2. The molecular formula is C15H20FNO2. The van der Waals surface area contributed by atoms with Crippen molar-refractivity contribution in [2.75, 3.05) is 6.54 Å². The summed E-state index contributed by atoms with van der Waals surface area (Å²) in [6.07, 6.45) is 2.57. The van der Waals surface area contributed by atoms with Gasteiger partial charge in [0.15, 0.2) is 0 Å². The average molecular weight is 265 g/mol. The summed E-state index contributed by atoms with van der Waals surface area (Å²) < 4.78 is 18.3. The van der Waals surface area contributed by atoms with E-state index in [2.05, 4.69) is 0 Å². The van der Waals surface area contributed by atoms with E-state index in [0.717, 1.165) is 24.8 Å². The van der Waals surface area contributed by atoms with Gasteiger partial charge in [-0.05, 0) is 50.8 Å². The van der Waals surface area contributed by atoms with Gasteiger partial charge >= 0.3 is 6.09 Å². The fourth-order valence-electron chi connectivity index (χ4n) is 2.45. The van der Waals surface area contributed by atoms with Crippen molar-refractivity contribution in [1.82, 2.24) is 4.90 Å². The summed E-state index contributed by atoms with van der Waals surface area (Å²) in [5.74, 6) is -0.254. The number of carbonyl (C=O) groups excluding carboxylic acids is 1. The molecule has 1 aliphatic heterocycles. The Morgan fingerprint density at radius 3 is 2.63 bits per heavy atom. The number of hydrogen-bond donors (Lipinski definition) is 0. The van der Waals surface area contributed by atoms with Crippen molar-refractivity contribution in [1.29, 1.82) is 0 Å². The van der Waals surface area contributed by atoms with Gasteiger partial charge in [0, 0.05) is 6.54 Å². The lowest BCUT2D eigenvalue weighted by Gasteiger charge is -2.35. The number of benzene rings is 1. The standard InChI is InChI=1S/C15H20FNO2/c1-11(2)19-15(18)17-10-4-3-5-14(17)12-6-8-13(16)9-7-12/h6-9,11,14H,3-5,10H2,1-2H3/t14-/m0/s1. The molecule has 1 amide bonds. The zero-order valence-corrected chi connectivity index (χ0v) is 11.4. The van der Waals surface area contributed by atoms with Crippen LogP contribution in [-0.4, -0.2) is 23.6 Å². The monoisotopic (exact) mass is 265 g/mol. The second-order valence-corrected chi connectivity index (χ2v) is 5.19. The Labute approximate surface area is 113 Å². The first-order valence-electron chi connectivity index (χ1n) is 6.80. The van der Waals surface area contributed by atoms with E-state index in [-0.39, 0.29) is 24.1 Å². The Morgan fingerprint density at radius 1 is 1.32 bits per heavy atom. The van der Waals surface area contributed by atoms with Gasteiger partial charge in [-0.1, -0.05) is 12.1 Å². The third-order valence-electron chi connectivity index (χ3n) is 3.33. The van der Waals surface area contributed by atoms with Crippen LogP contribution in [0.5, 0.6) is 0 Å². The van der Waals surface area contributed by atoms with Crippen LogP contribution < -0.4 is 0 Å². The summed E-state index contributed by atoms with van der Waals surface area (Å²) in [6.45, 7) is 4.39. The van der Waals surface area contributed by atoms with Crippen molar-refractivity contribution in [3.8, 4) is 0 Å². The highest BCUT2D eigenvalue weighted by atomic mass is 19.1. The van der Waals surface area contributed by atoms with E-state index in [1.54, 1.807) is 17.0 Å². The topological polar surface area (TPSA) is 29.5 Å². The molecule has 0 aliphatic carbocycles. The van der Waals surface area contributed by atoms with E-state index in [0.29, 0.717) is 6.54 Å². The van der Waals surface area contributed by atoms with Gasteiger partial charge in [0.1, 0.15) is 5.82 Å². The number of piperidine rings is 1. The lowest BCUT2D eigenvalue weighted by Crippen LogP contribution is -2.39. The number of nitrogens with zero attached hydrogens (tertiary/aromatic N) is 1. The van der Waals surface area contributed by atoms with Gasteiger partial charge in [-0.2, -0.15) is 0 Å². The lowest BCUT2D eigenvalue weighted by atomic mass is 9.96. The zero-order valence-electron chi connectivity index (χ0n) is 11.4. The van der Waals surface area contributed by atoms with Crippen molar-refractivity contribution in [2.45, 2.75) is 45.3 Å². The minimum Gasteiger partial charge on any atom is -0.447 e. The summed E-state index contributed by atoms with van der Waals surface area (Å²) in [5.41, 5.74) is 0.974. The highest BCUT2D eigenvalue weighted by Gasteiger charge is 2.29. The highest BCUT2D eigenvalue weighted by Crippen LogP contribution is 2.31. The van der Waals surface area contributed by atoms with Gasteiger partial charge < -0.3 is 9.64 Å². The van der Waals surface area contributed by atoms with Crippen LogP contribution in [0.1, 0.15) is 44.7 Å². The molecule has 3 nitrogen and oxygen atoms in total. The first kappa shape index (κ1) is 13.8. The summed E-state index contributed by atoms with van der Waals surface area (Å²) in [6, 6.07) is 6.38. The SMILES string of the molecule is CC(C)OC(=O)N1CCCC[C@H]1c1ccc(F)cc1. The van der Waals surface area contributed by atoms with Crippen LogP contribution in [0.25, 0.3) is 0 Å². The van der Waals surface area contributed by atoms with Gasteiger partial charge in [-0.15, -0.1) is 0 Å². The van der Waals surface area contributed by atoms with Crippen molar-refractivity contribution in [3.05, 3.63) is 35.6 Å². The molecule has 104 valence electrons. The summed E-state index contributed by atoms with van der Waals surface area (Å²) in [7, 11) is 0. The fourth-order valence-corrected chi connectivity index (χ4v) is 2.45. The summed E-state index contributed by atoms with van der Waals surface area (Å²) in [4.78, 5) is 13.8. The first-order chi connectivity index (χ1) is 9.08. The second-order valence-electron chi connectivity index (χ2n) is 5.19. The van der Waals surface area contributed by atoms with Crippen LogP contribution in [-0.2, 0) is 4.74 Å². The van der Waals surface area contributed by atoms with Crippen molar-refractivity contribution < 1.29 is 13.9 Å². The molecule has 1 aromatic carbocycles. The molecule has 0 aromatic heterocycles. The van der Waals surface area contributed by atoms with Crippen LogP contribution in [0.4, 0.5) is 9.18 Å². The van der Waals surface area contributed by atoms with E-state index in [1.165, 1.54) is 12.1 Å². The van der Waals surface area contributed by atoms with E-state index in [9.17, 15) is 9.18 Å². The molecule has 1 aliphatic rings. The van der Waals surface area contributed by atoms with E-state index in [4.69, 9.17) is 4.74 Å². The molecule has 0 unspecified atom stereocenters. The van der Waals surface area contributed by atoms with E-state index in [1.807, 2.05) is 13.8 Å². The minimum absolute atomic E-state index is 0.000556. The molecule has 0 bridgehead atoms. The van der Waals surface area contributed by atoms with Crippen LogP contribution in [0.3, 0.4) is 0 Å². The molecule has 0 N–H and O–H groups in total. The van der Waals surface area contributed by atoms with Crippen molar-refractivity contribution in [2.24, 2.45) is 0 Å². The highest BCUT2D eigenvalue weighted by molar-refractivity contribution is 5.68. The molecule has 1 atom stereocenters. The lowest BCUT2D eigenvalue weighted by molar-refractivity contribution is 0.0526. The molecule has 0 saturated carbocycles. The van der Waals surface area contributed by atoms with Gasteiger partial charge in [0.05, 0.1) is 12.1 Å².